The van der Waals surface area contributed by atoms with Crippen LogP contribution in [-0.4, -0.2) is 28.4 Å². The quantitative estimate of drug-likeness (QED) is 0.779. The van der Waals surface area contributed by atoms with E-state index in [9.17, 15) is 14.4 Å². The van der Waals surface area contributed by atoms with Gasteiger partial charge in [-0.2, -0.15) is 5.01 Å². The molecule has 3 saturated carbocycles. The monoisotopic (exact) mass is 305 g/mol. The fourth-order valence-corrected chi connectivity index (χ4v) is 4.31. The van der Waals surface area contributed by atoms with Gasteiger partial charge in [-0.15, -0.1) is 0 Å². The second-order valence-electron chi connectivity index (χ2n) is 7.39. The highest BCUT2D eigenvalue weighted by Crippen LogP contribution is 2.51. The Morgan fingerprint density at radius 3 is 2.50 bits per heavy atom. The average Bonchev–Trinajstić information content (AvgIpc) is 3.18. The Kier molecular flexibility index (Phi) is 3.16. The van der Waals surface area contributed by atoms with Crippen LogP contribution in [0.3, 0.4) is 0 Å². The molecule has 3 aliphatic carbocycles. The zero-order valence-corrected chi connectivity index (χ0v) is 12.8. The molecule has 22 heavy (non-hydrogen) atoms. The van der Waals surface area contributed by atoms with Crippen molar-refractivity contribution in [3.63, 3.8) is 0 Å². The largest absolute Gasteiger partial charge is 0.344 e. The van der Waals surface area contributed by atoms with E-state index in [4.69, 9.17) is 0 Å². The Labute approximate surface area is 130 Å². The maximum Gasteiger partial charge on any atom is 0.344 e. The van der Waals surface area contributed by atoms with E-state index in [1.807, 2.05) is 0 Å². The van der Waals surface area contributed by atoms with E-state index >= 15 is 0 Å². The maximum atomic E-state index is 12.6. The van der Waals surface area contributed by atoms with Gasteiger partial charge < -0.3 is 5.32 Å². The van der Waals surface area contributed by atoms with Crippen molar-refractivity contribution < 1.29 is 14.4 Å². The number of hydrazine groups is 1. The Hall–Kier alpha value is -1.59. The fraction of sp³-hybridized carbons (Fsp3) is 0.812. The van der Waals surface area contributed by atoms with Crippen molar-refractivity contribution >= 4 is 17.8 Å². The van der Waals surface area contributed by atoms with E-state index in [0.717, 1.165) is 30.7 Å². The molecule has 0 radical (unpaired) electrons. The molecule has 2 N–H and O–H groups in total. The van der Waals surface area contributed by atoms with E-state index in [1.54, 1.807) is 0 Å². The molecule has 1 spiro atoms. The molecule has 6 nitrogen and oxygen atoms in total. The third kappa shape index (κ3) is 2.11. The van der Waals surface area contributed by atoms with Crippen LogP contribution in [0, 0.1) is 17.8 Å². The van der Waals surface area contributed by atoms with Gasteiger partial charge >= 0.3 is 6.03 Å². The molecule has 0 unspecified atom stereocenters. The number of imide groups is 1. The molecular weight excluding hydrogens is 282 g/mol. The SMILES string of the molecule is O=C(NN1C(=O)NC2(CCCCC2)C1=O)[C@@H]1C[C@H]1C1CCC1. The van der Waals surface area contributed by atoms with Crippen LogP contribution in [0.5, 0.6) is 0 Å². The van der Waals surface area contributed by atoms with Crippen molar-refractivity contribution in [2.75, 3.05) is 0 Å². The Morgan fingerprint density at radius 1 is 1.14 bits per heavy atom. The first kappa shape index (κ1) is 14.0. The summed E-state index contributed by atoms with van der Waals surface area (Å²) in [4.78, 5) is 37.0. The van der Waals surface area contributed by atoms with Crippen molar-refractivity contribution in [3.8, 4) is 0 Å². The molecule has 4 fully saturated rings. The lowest BCUT2D eigenvalue weighted by Crippen LogP contribution is -2.51. The molecule has 4 rings (SSSR count). The van der Waals surface area contributed by atoms with Crippen LogP contribution in [0.4, 0.5) is 4.79 Å². The second-order valence-corrected chi connectivity index (χ2v) is 7.39. The molecule has 4 amide bonds. The first-order valence-electron chi connectivity index (χ1n) is 8.58. The van der Waals surface area contributed by atoms with E-state index in [-0.39, 0.29) is 17.7 Å². The van der Waals surface area contributed by atoms with E-state index in [1.165, 1.54) is 19.3 Å². The fourth-order valence-electron chi connectivity index (χ4n) is 4.31. The first-order chi connectivity index (χ1) is 10.6. The van der Waals surface area contributed by atoms with Gasteiger partial charge in [0.1, 0.15) is 5.54 Å². The summed E-state index contributed by atoms with van der Waals surface area (Å²) < 4.78 is 0. The Bertz CT molecular complexity index is 523. The molecule has 120 valence electrons. The number of urea groups is 1. The van der Waals surface area contributed by atoms with Crippen LogP contribution in [0.15, 0.2) is 0 Å². The molecule has 1 saturated heterocycles. The van der Waals surface area contributed by atoms with Crippen molar-refractivity contribution in [2.45, 2.75) is 63.3 Å². The van der Waals surface area contributed by atoms with E-state index < -0.39 is 11.6 Å². The summed E-state index contributed by atoms with van der Waals surface area (Å²) >= 11 is 0. The predicted octanol–water partition coefficient (Wildman–Crippen LogP) is 1.71. The molecule has 0 aromatic carbocycles. The summed E-state index contributed by atoms with van der Waals surface area (Å²) in [5.41, 5.74) is 1.81. The van der Waals surface area contributed by atoms with Gasteiger partial charge in [-0.3, -0.25) is 15.0 Å². The van der Waals surface area contributed by atoms with Gasteiger partial charge in [-0.25, -0.2) is 4.79 Å². The minimum Gasteiger partial charge on any atom is -0.322 e. The minimum atomic E-state index is -0.764. The summed E-state index contributed by atoms with van der Waals surface area (Å²) in [6.45, 7) is 0. The molecule has 4 aliphatic rings. The molecular formula is C16H23N3O3. The standard InChI is InChI=1S/C16H23N3O3/c20-13(12-9-11(12)10-5-4-6-10)18-19-14(21)16(17-15(19)22)7-2-1-3-8-16/h10-12H,1-9H2,(H,17,22)(H,18,20)/t11-,12+/m0/s1. The van der Waals surface area contributed by atoms with Gasteiger partial charge in [0.05, 0.1) is 0 Å². The minimum absolute atomic E-state index is 0.00574. The number of amides is 4. The molecule has 0 aromatic rings. The highest BCUT2D eigenvalue weighted by Gasteiger charge is 2.54. The number of rotatable bonds is 3. The third-order valence-corrected chi connectivity index (χ3v) is 6.02. The zero-order valence-electron chi connectivity index (χ0n) is 12.8. The van der Waals surface area contributed by atoms with Crippen LogP contribution in [0.2, 0.25) is 0 Å². The summed E-state index contributed by atoms with van der Waals surface area (Å²) in [6.07, 6.45) is 8.97. The van der Waals surface area contributed by atoms with Gasteiger partial charge in [0.25, 0.3) is 5.91 Å². The number of hydrogen-bond donors (Lipinski definition) is 2. The lowest BCUT2D eigenvalue weighted by atomic mass is 9.81. The second kappa shape index (κ2) is 4.96. The normalized spacial score (nSPS) is 33.5. The van der Waals surface area contributed by atoms with Gasteiger partial charge in [0.15, 0.2) is 0 Å². The van der Waals surface area contributed by atoms with E-state index in [0.29, 0.717) is 24.7 Å². The summed E-state index contributed by atoms with van der Waals surface area (Å²) in [7, 11) is 0. The van der Waals surface area contributed by atoms with Gasteiger partial charge in [-0.1, -0.05) is 38.5 Å². The highest BCUT2D eigenvalue weighted by molar-refractivity contribution is 6.08. The summed E-state index contributed by atoms with van der Waals surface area (Å²) in [5, 5.41) is 3.75. The van der Waals surface area contributed by atoms with Gasteiger partial charge in [0, 0.05) is 5.92 Å². The zero-order chi connectivity index (χ0) is 15.3. The number of nitrogens with zero attached hydrogens (tertiary/aromatic N) is 1. The van der Waals surface area contributed by atoms with Gasteiger partial charge in [-0.05, 0) is 31.1 Å². The van der Waals surface area contributed by atoms with Crippen LogP contribution in [0.25, 0.3) is 0 Å². The van der Waals surface area contributed by atoms with Crippen LogP contribution in [0.1, 0.15) is 57.8 Å². The molecule has 1 aliphatic heterocycles. The smallest absolute Gasteiger partial charge is 0.322 e. The predicted molar refractivity (Wildman–Crippen MR) is 78.3 cm³/mol. The number of nitrogens with one attached hydrogen (secondary N) is 2. The van der Waals surface area contributed by atoms with Crippen LogP contribution < -0.4 is 10.7 Å². The lowest BCUT2D eigenvalue weighted by molar-refractivity contribution is -0.140. The van der Waals surface area contributed by atoms with E-state index in [2.05, 4.69) is 10.7 Å². The average molecular weight is 305 g/mol. The Morgan fingerprint density at radius 2 is 1.86 bits per heavy atom. The molecule has 0 aromatic heterocycles. The summed E-state index contributed by atoms with van der Waals surface area (Å²) in [5.74, 6) is 0.718. The summed E-state index contributed by atoms with van der Waals surface area (Å²) in [6, 6.07) is -0.471. The Balaban J connectivity index is 1.39. The molecule has 2 atom stereocenters. The topological polar surface area (TPSA) is 78.5 Å². The highest BCUT2D eigenvalue weighted by atomic mass is 16.2. The number of carbonyl (C=O) groups is 3. The molecule has 6 heteroatoms. The number of hydrogen-bond acceptors (Lipinski definition) is 3. The molecule has 0 bridgehead atoms. The maximum absolute atomic E-state index is 12.6. The number of carbonyl (C=O) groups excluding carboxylic acids is 3. The van der Waals surface area contributed by atoms with Gasteiger partial charge in [0.2, 0.25) is 5.91 Å². The van der Waals surface area contributed by atoms with Crippen molar-refractivity contribution in [2.24, 2.45) is 17.8 Å². The van der Waals surface area contributed by atoms with Crippen LogP contribution >= 0.6 is 0 Å². The lowest BCUT2D eigenvalue weighted by Gasteiger charge is -2.30. The first-order valence-corrected chi connectivity index (χ1v) is 8.58. The molecule has 1 heterocycles. The van der Waals surface area contributed by atoms with Crippen LogP contribution in [-0.2, 0) is 9.59 Å². The van der Waals surface area contributed by atoms with Crippen molar-refractivity contribution in [1.29, 1.82) is 0 Å². The van der Waals surface area contributed by atoms with Crippen molar-refractivity contribution in [1.82, 2.24) is 15.8 Å². The third-order valence-electron chi connectivity index (χ3n) is 6.02. The van der Waals surface area contributed by atoms with Crippen molar-refractivity contribution in [3.05, 3.63) is 0 Å².